The first-order chi connectivity index (χ1) is 12.1. The molecule has 0 saturated carbocycles. The lowest BCUT2D eigenvalue weighted by atomic mass is 10.1. The molecule has 128 valence electrons. The number of aromatic nitrogens is 1. The van der Waals surface area contributed by atoms with Crippen molar-refractivity contribution in [2.75, 3.05) is 0 Å². The van der Waals surface area contributed by atoms with Crippen molar-refractivity contribution in [3.63, 3.8) is 0 Å². The second-order valence-corrected chi connectivity index (χ2v) is 6.25. The predicted octanol–water partition coefficient (Wildman–Crippen LogP) is 3.35. The van der Waals surface area contributed by atoms with E-state index in [-0.39, 0.29) is 5.69 Å². The molecule has 3 rings (SSSR count). The summed E-state index contributed by atoms with van der Waals surface area (Å²) < 4.78 is 5.06. The zero-order valence-electron chi connectivity index (χ0n) is 13.8. The molecule has 0 unspecified atom stereocenters. The number of benzene rings is 1. The molecule has 2 N–H and O–H groups in total. The van der Waals surface area contributed by atoms with E-state index in [9.17, 15) is 9.59 Å². The fraction of sp³-hybridized carbons (Fsp3) is 0.167. The van der Waals surface area contributed by atoms with Gasteiger partial charge in [0.05, 0.1) is 11.8 Å². The first-order valence-corrected chi connectivity index (χ1v) is 8.66. The Kier molecular flexibility index (Phi) is 4.95. The van der Waals surface area contributed by atoms with E-state index in [0.29, 0.717) is 11.3 Å². The molecule has 0 aliphatic carbocycles. The van der Waals surface area contributed by atoms with E-state index in [0.717, 1.165) is 17.0 Å². The first-order valence-electron chi connectivity index (χ1n) is 7.78. The van der Waals surface area contributed by atoms with Crippen LogP contribution in [-0.4, -0.2) is 16.8 Å². The van der Waals surface area contributed by atoms with Gasteiger partial charge in [0, 0.05) is 10.9 Å². The van der Waals surface area contributed by atoms with Gasteiger partial charge < -0.3 is 4.42 Å². The van der Waals surface area contributed by atoms with Crippen molar-refractivity contribution in [2.24, 2.45) is 0 Å². The number of amides is 2. The SMILES string of the molecule is CCc1ccc(-c2nc(C(=O)NNC(=O)c3ccoc3C)cs2)cc1. The third kappa shape index (κ3) is 3.77. The molecule has 2 heterocycles. The van der Waals surface area contributed by atoms with Crippen molar-refractivity contribution >= 4 is 23.2 Å². The lowest BCUT2D eigenvalue weighted by molar-refractivity contribution is 0.0843. The van der Waals surface area contributed by atoms with E-state index >= 15 is 0 Å². The number of hydrazine groups is 1. The molecular formula is C18H17N3O3S. The molecule has 2 amide bonds. The van der Waals surface area contributed by atoms with Gasteiger partial charge in [-0.3, -0.25) is 20.4 Å². The van der Waals surface area contributed by atoms with Gasteiger partial charge in [0.2, 0.25) is 0 Å². The number of hydrogen-bond acceptors (Lipinski definition) is 5. The molecule has 0 bridgehead atoms. The van der Waals surface area contributed by atoms with Crippen molar-refractivity contribution in [1.29, 1.82) is 0 Å². The Bertz CT molecular complexity index is 896. The van der Waals surface area contributed by atoms with Crippen LogP contribution in [-0.2, 0) is 6.42 Å². The minimum atomic E-state index is -0.470. The number of hydrogen-bond donors (Lipinski definition) is 2. The standard InChI is InChI=1S/C18H17N3O3S/c1-3-12-4-6-13(7-5-12)18-19-15(10-25-18)17(23)21-20-16(22)14-8-9-24-11(14)2/h4-10H,3H2,1-2H3,(H,20,22)(H,21,23). The highest BCUT2D eigenvalue weighted by atomic mass is 32.1. The Hall–Kier alpha value is -2.93. The maximum atomic E-state index is 12.1. The molecular weight excluding hydrogens is 338 g/mol. The Morgan fingerprint density at radius 3 is 2.48 bits per heavy atom. The number of carbonyl (C=O) groups excluding carboxylic acids is 2. The summed E-state index contributed by atoms with van der Waals surface area (Å²) >= 11 is 1.38. The van der Waals surface area contributed by atoms with Crippen molar-refractivity contribution in [3.8, 4) is 10.6 Å². The van der Waals surface area contributed by atoms with Crippen LogP contribution in [0, 0.1) is 6.92 Å². The Morgan fingerprint density at radius 1 is 1.12 bits per heavy atom. The average Bonchev–Trinajstić information content (AvgIpc) is 3.28. The average molecular weight is 355 g/mol. The topological polar surface area (TPSA) is 84.2 Å². The Balaban J connectivity index is 1.64. The van der Waals surface area contributed by atoms with Gasteiger partial charge in [-0.15, -0.1) is 11.3 Å². The molecule has 0 atom stereocenters. The van der Waals surface area contributed by atoms with Crippen LogP contribution in [0.3, 0.4) is 0 Å². The molecule has 0 fully saturated rings. The number of thiazole rings is 1. The second kappa shape index (κ2) is 7.31. The van der Waals surface area contributed by atoms with E-state index in [4.69, 9.17) is 4.42 Å². The van der Waals surface area contributed by atoms with Gasteiger partial charge in [-0.25, -0.2) is 4.98 Å². The molecule has 7 heteroatoms. The van der Waals surface area contributed by atoms with Gasteiger partial charge in [0.15, 0.2) is 0 Å². The summed E-state index contributed by atoms with van der Waals surface area (Å²) in [6, 6.07) is 9.61. The minimum Gasteiger partial charge on any atom is -0.469 e. The molecule has 1 aromatic carbocycles. The van der Waals surface area contributed by atoms with Crippen LogP contribution < -0.4 is 10.9 Å². The van der Waals surface area contributed by atoms with Crippen LogP contribution in [0.15, 0.2) is 46.4 Å². The van der Waals surface area contributed by atoms with Gasteiger partial charge in [-0.2, -0.15) is 0 Å². The van der Waals surface area contributed by atoms with Gasteiger partial charge in [0.25, 0.3) is 11.8 Å². The number of aryl methyl sites for hydroxylation is 2. The van der Waals surface area contributed by atoms with E-state index in [1.54, 1.807) is 12.3 Å². The van der Waals surface area contributed by atoms with Gasteiger partial charge in [-0.1, -0.05) is 31.2 Å². The van der Waals surface area contributed by atoms with Crippen molar-refractivity contribution in [2.45, 2.75) is 20.3 Å². The highest BCUT2D eigenvalue weighted by molar-refractivity contribution is 7.13. The smallest absolute Gasteiger partial charge is 0.289 e. The Morgan fingerprint density at radius 2 is 1.84 bits per heavy atom. The molecule has 0 aliphatic heterocycles. The van der Waals surface area contributed by atoms with E-state index < -0.39 is 11.8 Å². The van der Waals surface area contributed by atoms with E-state index in [1.165, 1.54) is 29.2 Å². The molecule has 3 aromatic rings. The largest absolute Gasteiger partial charge is 0.469 e. The molecule has 0 aliphatic rings. The number of nitrogens with one attached hydrogen (secondary N) is 2. The summed E-state index contributed by atoms with van der Waals surface area (Å²) in [5, 5.41) is 2.41. The fourth-order valence-electron chi connectivity index (χ4n) is 2.26. The van der Waals surface area contributed by atoms with Crippen molar-refractivity contribution < 1.29 is 14.0 Å². The van der Waals surface area contributed by atoms with Crippen LogP contribution in [0.2, 0.25) is 0 Å². The van der Waals surface area contributed by atoms with Crippen LogP contribution in [0.25, 0.3) is 10.6 Å². The third-order valence-electron chi connectivity index (χ3n) is 3.74. The van der Waals surface area contributed by atoms with Crippen LogP contribution >= 0.6 is 11.3 Å². The van der Waals surface area contributed by atoms with Crippen LogP contribution in [0.1, 0.15) is 39.1 Å². The summed E-state index contributed by atoms with van der Waals surface area (Å²) in [5.41, 5.74) is 7.54. The zero-order chi connectivity index (χ0) is 17.8. The Labute approximate surface area is 148 Å². The minimum absolute atomic E-state index is 0.254. The van der Waals surface area contributed by atoms with E-state index in [1.807, 2.05) is 24.3 Å². The normalized spacial score (nSPS) is 10.5. The number of furan rings is 1. The molecule has 0 radical (unpaired) electrons. The predicted molar refractivity (Wildman–Crippen MR) is 95.3 cm³/mol. The number of carbonyl (C=O) groups is 2. The summed E-state index contributed by atoms with van der Waals surface area (Å²) in [6.07, 6.45) is 2.39. The molecule has 6 nitrogen and oxygen atoms in total. The highest BCUT2D eigenvalue weighted by Gasteiger charge is 2.15. The molecule has 2 aromatic heterocycles. The first kappa shape index (κ1) is 16.9. The quantitative estimate of drug-likeness (QED) is 0.703. The van der Waals surface area contributed by atoms with E-state index in [2.05, 4.69) is 22.8 Å². The summed E-state index contributed by atoms with van der Waals surface area (Å²) in [7, 11) is 0. The molecule has 0 spiro atoms. The lowest BCUT2D eigenvalue weighted by Crippen LogP contribution is -2.41. The summed E-state index contributed by atoms with van der Waals surface area (Å²) in [5.74, 6) is -0.425. The van der Waals surface area contributed by atoms with Crippen molar-refractivity contribution in [3.05, 3.63) is 64.6 Å². The maximum absolute atomic E-state index is 12.1. The fourth-order valence-corrected chi connectivity index (χ4v) is 3.07. The van der Waals surface area contributed by atoms with Gasteiger partial charge >= 0.3 is 0 Å². The second-order valence-electron chi connectivity index (χ2n) is 5.39. The number of rotatable bonds is 4. The highest BCUT2D eigenvalue weighted by Crippen LogP contribution is 2.24. The zero-order valence-corrected chi connectivity index (χ0v) is 14.6. The molecule has 0 saturated heterocycles. The van der Waals surface area contributed by atoms with Crippen LogP contribution in [0.5, 0.6) is 0 Å². The molecule has 25 heavy (non-hydrogen) atoms. The lowest BCUT2D eigenvalue weighted by Gasteiger charge is -2.05. The summed E-state index contributed by atoms with van der Waals surface area (Å²) in [4.78, 5) is 28.4. The number of nitrogens with zero attached hydrogens (tertiary/aromatic N) is 1. The monoisotopic (exact) mass is 355 g/mol. The van der Waals surface area contributed by atoms with Crippen LogP contribution in [0.4, 0.5) is 0 Å². The van der Waals surface area contributed by atoms with Crippen molar-refractivity contribution in [1.82, 2.24) is 15.8 Å². The van der Waals surface area contributed by atoms with Gasteiger partial charge in [-0.05, 0) is 25.0 Å². The van der Waals surface area contributed by atoms with Gasteiger partial charge in [0.1, 0.15) is 16.5 Å². The summed E-state index contributed by atoms with van der Waals surface area (Å²) in [6.45, 7) is 3.77. The maximum Gasteiger partial charge on any atom is 0.289 e. The third-order valence-corrected chi connectivity index (χ3v) is 4.63.